The molecule has 0 saturated carbocycles. The summed E-state index contributed by atoms with van der Waals surface area (Å²) in [6.45, 7) is -0.385. The van der Waals surface area contributed by atoms with E-state index in [1.807, 2.05) is 24.3 Å². The van der Waals surface area contributed by atoms with Crippen LogP contribution in [0.25, 0.3) is 11.3 Å². The zero-order chi connectivity index (χ0) is 20.0. The first-order chi connectivity index (χ1) is 13.5. The van der Waals surface area contributed by atoms with Gasteiger partial charge in [0, 0.05) is 17.4 Å². The van der Waals surface area contributed by atoms with Gasteiger partial charge in [-0.1, -0.05) is 24.3 Å². The fourth-order valence-electron chi connectivity index (χ4n) is 2.76. The molecule has 28 heavy (non-hydrogen) atoms. The Kier molecular flexibility index (Phi) is 6.23. The van der Waals surface area contributed by atoms with E-state index in [9.17, 15) is 8.42 Å². The van der Waals surface area contributed by atoms with Crippen LogP contribution in [0.15, 0.2) is 60.8 Å². The zero-order valence-corrected chi connectivity index (χ0v) is 16.2. The maximum Gasteiger partial charge on any atom is 0.227 e. The third-order valence-corrected chi connectivity index (χ3v) is 5.59. The molecule has 8 heteroatoms. The number of hydrogen-bond donors (Lipinski definition) is 2. The number of rotatable bonds is 8. The fraction of sp³-hybridized carbons (Fsp3) is 0.200. The summed E-state index contributed by atoms with van der Waals surface area (Å²) >= 11 is 0. The van der Waals surface area contributed by atoms with E-state index >= 15 is 0 Å². The van der Waals surface area contributed by atoms with E-state index in [-0.39, 0.29) is 18.1 Å². The topological polar surface area (TPSA) is 101 Å². The van der Waals surface area contributed by atoms with Gasteiger partial charge in [0.05, 0.1) is 30.9 Å². The van der Waals surface area contributed by atoms with Crippen molar-refractivity contribution in [2.45, 2.75) is 5.75 Å². The van der Waals surface area contributed by atoms with Crippen LogP contribution in [0.3, 0.4) is 0 Å². The molecule has 0 aliphatic rings. The highest BCUT2D eigenvalue weighted by molar-refractivity contribution is 7.90. The predicted molar refractivity (Wildman–Crippen MR) is 108 cm³/mol. The number of anilines is 2. The van der Waals surface area contributed by atoms with E-state index in [1.165, 1.54) is 0 Å². The summed E-state index contributed by atoms with van der Waals surface area (Å²) < 4.78 is 29.2. The molecule has 0 aliphatic carbocycles. The molecule has 0 amide bonds. The lowest BCUT2D eigenvalue weighted by atomic mass is 10.1. The first-order valence-corrected chi connectivity index (χ1v) is 10.5. The van der Waals surface area contributed by atoms with Crippen LogP contribution in [0.4, 0.5) is 11.6 Å². The molecular formula is C20H21N3O4S. The molecule has 3 rings (SSSR count). The van der Waals surface area contributed by atoms with Gasteiger partial charge in [0.25, 0.3) is 0 Å². The molecule has 7 nitrogen and oxygen atoms in total. The quantitative estimate of drug-likeness (QED) is 0.600. The van der Waals surface area contributed by atoms with Gasteiger partial charge in [0.15, 0.2) is 9.84 Å². The third kappa shape index (κ3) is 5.05. The number of methoxy groups -OCH3 is 1. The molecule has 0 bridgehead atoms. The Morgan fingerprint density at radius 1 is 1.11 bits per heavy atom. The molecule has 2 aromatic carbocycles. The number of aromatic nitrogens is 2. The summed E-state index contributed by atoms with van der Waals surface area (Å²) in [6.07, 6.45) is 1.65. The molecule has 0 aliphatic heterocycles. The van der Waals surface area contributed by atoms with Crippen LogP contribution in [0.2, 0.25) is 0 Å². The van der Waals surface area contributed by atoms with Crippen molar-refractivity contribution in [3.63, 3.8) is 0 Å². The van der Waals surface area contributed by atoms with Crippen molar-refractivity contribution >= 4 is 21.5 Å². The molecule has 1 heterocycles. The monoisotopic (exact) mass is 399 g/mol. The lowest BCUT2D eigenvalue weighted by molar-refractivity contribution is 0.319. The van der Waals surface area contributed by atoms with Gasteiger partial charge in [0.1, 0.15) is 5.75 Å². The second-order valence-corrected chi connectivity index (χ2v) is 8.29. The Morgan fingerprint density at radius 2 is 1.93 bits per heavy atom. The second-order valence-electron chi connectivity index (χ2n) is 6.11. The third-order valence-electron chi connectivity index (χ3n) is 4.01. The lowest BCUT2D eigenvalue weighted by Gasteiger charge is -2.10. The van der Waals surface area contributed by atoms with Gasteiger partial charge in [-0.3, -0.25) is 0 Å². The van der Waals surface area contributed by atoms with Gasteiger partial charge in [-0.05, 0) is 35.9 Å². The van der Waals surface area contributed by atoms with Gasteiger partial charge in [-0.25, -0.2) is 18.4 Å². The number of benzene rings is 2. The Hall–Kier alpha value is -2.97. The Bertz CT molecular complexity index is 1050. The molecule has 0 spiro atoms. The molecule has 0 radical (unpaired) electrons. The van der Waals surface area contributed by atoms with Crippen LogP contribution in [0, 0.1) is 0 Å². The number of sulfone groups is 1. The maximum absolute atomic E-state index is 11.9. The molecular weight excluding hydrogens is 378 g/mol. The van der Waals surface area contributed by atoms with Crippen LogP contribution in [0.1, 0.15) is 5.56 Å². The van der Waals surface area contributed by atoms with Gasteiger partial charge in [-0.15, -0.1) is 0 Å². The average molecular weight is 399 g/mol. The first kappa shape index (κ1) is 19.8. The highest BCUT2D eigenvalue weighted by Gasteiger charge is 2.12. The zero-order valence-electron chi connectivity index (χ0n) is 15.4. The molecule has 3 aromatic rings. The van der Waals surface area contributed by atoms with E-state index in [1.54, 1.807) is 43.6 Å². The van der Waals surface area contributed by atoms with E-state index in [2.05, 4.69) is 15.3 Å². The molecule has 2 N–H and O–H groups in total. The number of ether oxygens (including phenoxy) is 1. The summed E-state index contributed by atoms with van der Waals surface area (Å²) in [6, 6.07) is 16.4. The largest absolute Gasteiger partial charge is 0.496 e. The van der Waals surface area contributed by atoms with Crippen molar-refractivity contribution in [1.29, 1.82) is 0 Å². The van der Waals surface area contributed by atoms with Crippen LogP contribution >= 0.6 is 0 Å². The first-order valence-electron chi connectivity index (χ1n) is 8.64. The SMILES string of the molecule is COc1ccccc1-c1ccnc(Nc2cccc(CS(=O)(=O)CCO)c2)n1. The van der Waals surface area contributed by atoms with E-state index in [4.69, 9.17) is 9.84 Å². The Morgan fingerprint density at radius 3 is 2.71 bits per heavy atom. The number of aliphatic hydroxyl groups is 1. The minimum Gasteiger partial charge on any atom is -0.496 e. The molecule has 146 valence electrons. The van der Waals surface area contributed by atoms with Crippen LogP contribution in [0.5, 0.6) is 5.75 Å². The molecule has 0 saturated heterocycles. The van der Waals surface area contributed by atoms with Crippen molar-refractivity contribution in [3.8, 4) is 17.0 Å². The summed E-state index contributed by atoms with van der Waals surface area (Å²) in [5.41, 5.74) is 2.85. The maximum atomic E-state index is 11.9. The number of para-hydroxylation sites is 1. The van der Waals surface area contributed by atoms with Gasteiger partial charge in [-0.2, -0.15) is 0 Å². The van der Waals surface area contributed by atoms with Crippen molar-refractivity contribution in [3.05, 3.63) is 66.4 Å². The lowest BCUT2D eigenvalue weighted by Crippen LogP contribution is -2.12. The van der Waals surface area contributed by atoms with Crippen LogP contribution < -0.4 is 10.1 Å². The normalized spacial score (nSPS) is 11.2. The van der Waals surface area contributed by atoms with Gasteiger partial charge >= 0.3 is 0 Å². The fourth-order valence-corrected chi connectivity index (χ4v) is 3.87. The van der Waals surface area contributed by atoms with Crippen LogP contribution in [-0.4, -0.2) is 43.0 Å². The summed E-state index contributed by atoms with van der Waals surface area (Å²) in [7, 11) is -1.74. The van der Waals surface area contributed by atoms with Gasteiger partial charge < -0.3 is 15.2 Å². The summed E-state index contributed by atoms with van der Waals surface area (Å²) in [5.74, 6) is 0.710. The molecule has 0 atom stereocenters. The number of nitrogens with zero attached hydrogens (tertiary/aromatic N) is 2. The average Bonchev–Trinajstić information content (AvgIpc) is 2.68. The molecule has 0 fully saturated rings. The van der Waals surface area contributed by atoms with Crippen LogP contribution in [-0.2, 0) is 15.6 Å². The number of aliphatic hydroxyl groups excluding tert-OH is 1. The van der Waals surface area contributed by atoms with Gasteiger partial charge in [0.2, 0.25) is 5.95 Å². The summed E-state index contributed by atoms with van der Waals surface area (Å²) in [5, 5.41) is 12.0. The smallest absolute Gasteiger partial charge is 0.227 e. The Labute approximate surface area is 164 Å². The minimum atomic E-state index is -3.35. The molecule has 0 unspecified atom stereocenters. The van der Waals surface area contributed by atoms with Crippen molar-refractivity contribution in [2.75, 3.05) is 24.8 Å². The predicted octanol–water partition coefficient (Wildman–Crippen LogP) is 2.80. The number of hydrogen-bond acceptors (Lipinski definition) is 7. The van der Waals surface area contributed by atoms with Crippen molar-refractivity contribution in [1.82, 2.24) is 9.97 Å². The summed E-state index contributed by atoms with van der Waals surface area (Å²) in [4.78, 5) is 8.76. The van der Waals surface area contributed by atoms with Crippen molar-refractivity contribution in [2.24, 2.45) is 0 Å². The van der Waals surface area contributed by atoms with Crippen molar-refractivity contribution < 1.29 is 18.3 Å². The number of nitrogens with one attached hydrogen (secondary N) is 1. The van der Waals surface area contributed by atoms with E-state index in [0.717, 1.165) is 5.56 Å². The second kappa shape index (κ2) is 8.81. The van der Waals surface area contributed by atoms with E-state index < -0.39 is 9.84 Å². The molecule has 1 aromatic heterocycles. The Balaban J connectivity index is 1.82. The highest BCUT2D eigenvalue weighted by Crippen LogP contribution is 2.28. The standard InChI is InChI=1S/C20H21N3O4S/c1-27-19-8-3-2-7-17(19)18-9-10-21-20(23-18)22-16-6-4-5-15(13-16)14-28(25,26)12-11-24/h2-10,13,24H,11-12,14H2,1H3,(H,21,22,23). The van der Waals surface area contributed by atoms with E-state index in [0.29, 0.717) is 28.6 Å². The minimum absolute atomic E-state index is 0.134. The highest BCUT2D eigenvalue weighted by atomic mass is 32.2.